The van der Waals surface area contributed by atoms with Gasteiger partial charge in [-0.1, -0.05) is 6.07 Å². The van der Waals surface area contributed by atoms with Crippen molar-refractivity contribution in [2.45, 2.75) is 37.7 Å². The monoisotopic (exact) mass is 454 g/mol. The van der Waals surface area contributed by atoms with Gasteiger partial charge in [-0.15, -0.1) is 11.3 Å². The average molecular weight is 455 g/mol. The van der Waals surface area contributed by atoms with E-state index in [9.17, 15) is 23.9 Å². The van der Waals surface area contributed by atoms with Crippen LogP contribution in [-0.2, 0) is 11.0 Å². The Morgan fingerprint density at radius 2 is 1.94 bits per heavy atom. The van der Waals surface area contributed by atoms with Crippen molar-refractivity contribution in [3.8, 4) is 16.5 Å². The molecule has 164 valence electrons. The minimum Gasteiger partial charge on any atom is -0.386 e. The lowest BCUT2D eigenvalue weighted by Gasteiger charge is -2.18. The number of hydrogen-bond donors (Lipinski definition) is 3. The Bertz CT molecular complexity index is 1250. The van der Waals surface area contributed by atoms with E-state index in [0.717, 1.165) is 36.3 Å². The molecule has 0 aliphatic heterocycles. The summed E-state index contributed by atoms with van der Waals surface area (Å²) in [5, 5.41) is 22.7. The molecule has 9 heteroatoms. The van der Waals surface area contributed by atoms with E-state index in [1.807, 2.05) is 0 Å². The molecule has 32 heavy (non-hydrogen) atoms. The Morgan fingerprint density at radius 3 is 2.47 bits per heavy atom. The highest BCUT2D eigenvalue weighted by molar-refractivity contribution is 7.20. The fourth-order valence-electron chi connectivity index (χ4n) is 3.39. The van der Waals surface area contributed by atoms with E-state index >= 15 is 0 Å². The molecule has 1 aliphatic rings. The summed E-state index contributed by atoms with van der Waals surface area (Å²) >= 11 is 0.953. The van der Waals surface area contributed by atoms with E-state index < -0.39 is 28.6 Å². The van der Waals surface area contributed by atoms with Gasteiger partial charge in [-0.2, -0.15) is 5.26 Å². The van der Waals surface area contributed by atoms with Gasteiger partial charge in [-0.05, 0) is 62.6 Å². The molecule has 4 rings (SSSR count). The number of aliphatic hydroxyl groups is 1. The molecule has 4 N–H and O–H groups in total. The number of amides is 1. The van der Waals surface area contributed by atoms with Crippen molar-refractivity contribution in [1.82, 2.24) is 4.98 Å². The smallest absolute Gasteiger partial charge is 0.251 e. The summed E-state index contributed by atoms with van der Waals surface area (Å²) in [5.41, 5.74) is 3.95. The Kier molecular flexibility index (Phi) is 5.23. The molecule has 2 aromatic heterocycles. The summed E-state index contributed by atoms with van der Waals surface area (Å²) in [6.07, 6.45) is 1.46. The van der Waals surface area contributed by atoms with Gasteiger partial charge in [0.05, 0.1) is 33.9 Å². The first kappa shape index (κ1) is 21.9. The molecule has 1 saturated carbocycles. The Hall–Kier alpha value is -3.35. The molecular formula is C23H20F2N4O2S. The molecule has 0 bridgehead atoms. The quantitative estimate of drug-likeness (QED) is 0.499. The van der Waals surface area contributed by atoms with E-state index in [1.165, 1.54) is 19.9 Å². The number of hydrogen-bond acceptors (Lipinski definition) is 6. The van der Waals surface area contributed by atoms with Crippen LogP contribution in [0.2, 0.25) is 0 Å². The second-order valence-electron chi connectivity index (χ2n) is 8.32. The SMILES string of the molecule is CC(C)(O)c1cc(F)c(-c2cc(C(N)=O)c(Nc3cccc(C4(C#N)CC4)n3)s2)c(F)c1. The Labute approximate surface area is 187 Å². The molecule has 1 aliphatic carbocycles. The minimum absolute atomic E-state index is 0.0592. The lowest BCUT2D eigenvalue weighted by Crippen LogP contribution is -2.16. The van der Waals surface area contributed by atoms with Crippen molar-refractivity contribution in [2.75, 3.05) is 5.32 Å². The fraction of sp³-hybridized carbons (Fsp3) is 0.261. The van der Waals surface area contributed by atoms with E-state index in [0.29, 0.717) is 11.5 Å². The number of halogens is 2. The predicted molar refractivity (Wildman–Crippen MR) is 117 cm³/mol. The number of nitrogens with zero attached hydrogens (tertiary/aromatic N) is 2. The molecule has 1 amide bonds. The third kappa shape index (κ3) is 3.95. The first-order valence-electron chi connectivity index (χ1n) is 9.86. The van der Waals surface area contributed by atoms with Gasteiger partial charge < -0.3 is 16.2 Å². The average Bonchev–Trinajstić information content (AvgIpc) is 3.42. The van der Waals surface area contributed by atoms with Crippen molar-refractivity contribution in [2.24, 2.45) is 5.73 Å². The molecule has 6 nitrogen and oxygen atoms in total. The molecule has 2 heterocycles. The second kappa shape index (κ2) is 7.65. The number of anilines is 2. The summed E-state index contributed by atoms with van der Waals surface area (Å²) in [5.74, 6) is -2.11. The van der Waals surface area contributed by atoms with Gasteiger partial charge in [0.2, 0.25) is 0 Å². The van der Waals surface area contributed by atoms with Crippen LogP contribution >= 0.6 is 11.3 Å². The number of primary amides is 1. The van der Waals surface area contributed by atoms with Gasteiger partial charge >= 0.3 is 0 Å². The summed E-state index contributed by atoms with van der Waals surface area (Å²) < 4.78 is 29.6. The topological polar surface area (TPSA) is 112 Å². The normalized spacial score (nSPS) is 14.6. The highest BCUT2D eigenvalue weighted by atomic mass is 32.1. The van der Waals surface area contributed by atoms with Crippen LogP contribution in [0.3, 0.4) is 0 Å². The molecular weight excluding hydrogens is 434 g/mol. The maximum absolute atomic E-state index is 14.8. The Balaban J connectivity index is 1.73. The Morgan fingerprint density at radius 1 is 1.28 bits per heavy atom. The molecule has 1 aromatic carbocycles. The molecule has 0 atom stereocenters. The van der Waals surface area contributed by atoms with Crippen molar-refractivity contribution in [3.05, 3.63) is 64.9 Å². The maximum Gasteiger partial charge on any atom is 0.251 e. The highest BCUT2D eigenvalue weighted by Crippen LogP contribution is 2.47. The van der Waals surface area contributed by atoms with E-state index in [4.69, 9.17) is 5.73 Å². The molecule has 0 spiro atoms. The maximum atomic E-state index is 14.8. The van der Waals surface area contributed by atoms with Crippen LogP contribution in [0.5, 0.6) is 0 Å². The van der Waals surface area contributed by atoms with Crippen molar-refractivity contribution in [3.63, 3.8) is 0 Å². The molecule has 1 fully saturated rings. The third-order valence-corrected chi connectivity index (χ3v) is 6.51. The number of nitrogens with one attached hydrogen (secondary N) is 1. The highest BCUT2D eigenvalue weighted by Gasteiger charge is 2.46. The van der Waals surface area contributed by atoms with Crippen LogP contribution in [-0.4, -0.2) is 16.0 Å². The zero-order valence-electron chi connectivity index (χ0n) is 17.4. The van der Waals surface area contributed by atoms with Crippen LogP contribution in [0, 0.1) is 23.0 Å². The molecule has 0 unspecified atom stereocenters. The van der Waals surface area contributed by atoms with Gasteiger partial charge in [0.25, 0.3) is 5.91 Å². The lowest BCUT2D eigenvalue weighted by molar-refractivity contribution is 0.0778. The van der Waals surface area contributed by atoms with Crippen LogP contribution in [0.25, 0.3) is 10.4 Å². The number of aromatic nitrogens is 1. The summed E-state index contributed by atoms with van der Waals surface area (Å²) in [6.45, 7) is 2.86. The number of carbonyl (C=O) groups is 1. The number of pyridine rings is 1. The van der Waals surface area contributed by atoms with Gasteiger partial charge in [-0.3, -0.25) is 4.79 Å². The van der Waals surface area contributed by atoms with Crippen molar-refractivity contribution < 1.29 is 18.7 Å². The van der Waals surface area contributed by atoms with Gasteiger partial charge in [0.1, 0.15) is 22.5 Å². The van der Waals surface area contributed by atoms with Gasteiger partial charge in [-0.25, -0.2) is 13.8 Å². The number of rotatable bonds is 6. The number of thiophene rings is 1. The number of nitrogens with two attached hydrogens (primary N) is 1. The zero-order valence-corrected chi connectivity index (χ0v) is 18.2. The molecule has 0 saturated heterocycles. The van der Waals surface area contributed by atoms with E-state index in [1.54, 1.807) is 18.2 Å². The summed E-state index contributed by atoms with van der Waals surface area (Å²) in [7, 11) is 0. The number of carbonyl (C=O) groups excluding carboxylic acids is 1. The zero-order chi connectivity index (χ0) is 23.3. The van der Waals surface area contributed by atoms with Gasteiger partial charge in [0.15, 0.2) is 0 Å². The summed E-state index contributed by atoms with van der Waals surface area (Å²) in [6, 6.07) is 10.9. The van der Waals surface area contributed by atoms with Crippen LogP contribution < -0.4 is 11.1 Å². The van der Waals surface area contributed by atoms with Crippen LogP contribution in [0.1, 0.15) is 48.3 Å². The second-order valence-corrected chi connectivity index (χ2v) is 9.37. The number of benzene rings is 1. The van der Waals surface area contributed by atoms with Crippen LogP contribution in [0.15, 0.2) is 36.4 Å². The first-order chi connectivity index (χ1) is 15.0. The third-order valence-electron chi connectivity index (χ3n) is 5.44. The number of nitriles is 1. The fourth-order valence-corrected chi connectivity index (χ4v) is 4.51. The van der Waals surface area contributed by atoms with E-state index in [2.05, 4.69) is 16.4 Å². The lowest BCUT2D eigenvalue weighted by atomic mass is 9.96. The predicted octanol–water partition coefficient (Wildman–Crippen LogP) is 4.71. The van der Waals surface area contributed by atoms with E-state index in [-0.39, 0.29) is 26.6 Å². The standard InChI is InChI=1S/C23H20F2N4O2S/c1-22(2,31)12-8-14(24)19(15(25)9-12)16-10-13(20(27)30)21(32-16)29-18-5-3-4-17(28-18)23(11-26)6-7-23/h3-5,8-10,31H,6-7H2,1-2H3,(H2,27,30)(H,28,29). The largest absolute Gasteiger partial charge is 0.386 e. The molecule has 3 aromatic rings. The first-order valence-corrected chi connectivity index (χ1v) is 10.7. The van der Waals surface area contributed by atoms with Crippen molar-refractivity contribution >= 4 is 28.1 Å². The molecule has 0 radical (unpaired) electrons. The van der Waals surface area contributed by atoms with Gasteiger partial charge in [0, 0.05) is 4.88 Å². The minimum atomic E-state index is -1.42. The van der Waals surface area contributed by atoms with Crippen molar-refractivity contribution in [1.29, 1.82) is 5.26 Å². The van der Waals surface area contributed by atoms with Crippen LogP contribution in [0.4, 0.5) is 19.6 Å². The summed E-state index contributed by atoms with van der Waals surface area (Å²) in [4.78, 5) is 16.6.